The van der Waals surface area contributed by atoms with Crippen LogP contribution in [0.2, 0.25) is 0 Å². The molecule has 2 aromatic carbocycles. The first kappa shape index (κ1) is 20.6. The van der Waals surface area contributed by atoms with E-state index >= 15 is 0 Å². The molecule has 1 aliphatic heterocycles. The van der Waals surface area contributed by atoms with Crippen LogP contribution in [0.25, 0.3) is 10.2 Å². The number of rotatable bonds is 6. The fraction of sp³-hybridized carbons (Fsp3) is 0.318. The van der Waals surface area contributed by atoms with Crippen molar-refractivity contribution in [2.45, 2.75) is 32.0 Å². The Labute approximate surface area is 194 Å². The van der Waals surface area contributed by atoms with Gasteiger partial charge in [0.25, 0.3) is 0 Å². The number of fused-ring (bicyclic) bond motifs is 1. The number of benzene rings is 2. The van der Waals surface area contributed by atoms with Gasteiger partial charge in [0.1, 0.15) is 10.8 Å². The number of ether oxygens (including phenoxy) is 1. The zero-order valence-electron chi connectivity index (χ0n) is 17.2. The largest absolute Gasteiger partial charge is 0.495 e. The number of likely N-dealkylation sites (tertiary alicyclic amines) is 1. The topological polar surface area (TPSA) is 55.2 Å². The zero-order chi connectivity index (χ0) is 21.2. The van der Waals surface area contributed by atoms with E-state index in [0.717, 1.165) is 39.0 Å². The summed E-state index contributed by atoms with van der Waals surface area (Å²) in [6, 6.07) is 16.5. The van der Waals surface area contributed by atoms with Gasteiger partial charge in [-0.25, -0.2) is 9.67 Å². The molecule has 9 heteroatoms. The fourth-order valence-corrected chi connectivity index (χ4v) is 6.10. The lowest BCUT2D eigenvalue weighted by Gasteiger charge is -2.34. The maximum atomic E-state index is 5.63. The predicted octanol–water partition coefficient (Wildman–Crippen LogP) is 6.22. The van der Waals surface area contributed by atoms with Crippen molar-refractivity contribution in [3.63, 3.8) is 0 Å². The minimum Gasteiger partial charge on any atom is -0.495 e. The Morgan fingerprint density at radius 1 is 1.13 bits per heavy atom. The molecule has 0 saturated carbocycles. The highest BCUT2D eigenvalue weighted by molar-refractivity contribution is 7.73. The van der Waals surface area contributed by atoms with Crippen molar-refractivity contribution in [1.29, 1.82) is 0 Å². The number of thiazole rings is 1. The molecular formula is C22H23N5OS3. The number of para-hydroxylation sites is 3. The van der Waals surface area contributed by atoms with Crippen LogP contribution in [0.3, 0.4) is 0 Å². The Hall–Kier alpha value is -2.33. The van der Waals surface area contributed by atoms with E-state index in [1.807, 2.05) is 28.9 Å². The van der Waals surface area contributed by atoms with E-state index in [1.54, 1.807) is 18.4 Å². The molecule has 160 valence electrons. The minimum absolute atomic E-state index is 0.306. The molecule has 5 rings (SSSR count). The third-order valence-electron chi connectivity index (χ3n) is 5.48. The number of anilines is 2. The molecule has 1 atom stereocenters. The van der Waals surface area contributed by atoms with Crippen LogP contribution in [0.4, 0.5) is 10.8 Å². The second kappa shape index (κ2) is 9.04. The molecule has 31 heavy (non-hydrogen) atoms. The van der Waals surface area contributed by atoms with Crippen molar-refractivity contribution < 1.29 is 4.74 Å². The van der Waals surface area contributed by atoms with Crippen LogP contribution in [0.15, 0.2) is 48.5 Å². The fourth-order valence-electron chi connectivity index (χ4n) is 3.95. The number of hydrogen-bond donors (Lipinski definition) is 1. The van der Waals surface area contributed by atoms with Crippen LogP contribution in [0.5, 0.6) is 5.75 Å². The third-order valence-corrected chi connectivity index (χ3v) is 7.84. The molecule has 1 aliphatic rings. The molecule has 0 bridgehead atoms. The Morgan fingerprint density at radius 2 is 1.97 bits per heavy atom. The maximum absolute atomic E-state index is 5.63. The smallest absolute Gasteiger partial charge is 0.209 e. The van der Waals surface area contributed by atoms with Crippen molar-refractivity contribution in [2.24, 2.45) is 0 Å². The number of nitrogens with one attached hydrogen (secondary N) is 1. The molecule has 4 aromatic rings. The quantitative estimate of drug-likeness (QED) is 0.338. The van der Waals surface area contributed by atoms with Crippen molar-refractivity contribution in [3.05, 3.63) is 57.5 Å². The molecule has 0 spiro atoms. The first-order chi connectivity index (χ1) is 15.2. The van der Waals surface area contributed by atoms with Crippen LogP contribution >= 0.6 is 34.9 Å². The average Bonchev–Trinajstić information content (AvgIpc) is 3.37. The summed E-state index contributed by atoms with van der Waals surface area (Å²) in [4.78, 5) is 7.39. The average molecular weight is 470 g/mol. The van der Waals surface area contributed by atoms with Gasteiger partial charge in [0.15, 0.2) is 3.95 Å². The molecule has 0 aliphatic carbocycles. The van der Waals surface area contributed by atoms with Gasteiger partial charge in [-0.2, -0.15) is 0 Å². The van der Waals surface area contributed by atoms with Crippen LogP contribution in [-0.2, 0) is 6.67 Å². The van der Waals surface area contributed by atoms with Crippen molar-refractivity contribution in [3.8, 4) is 5.75 Å². The molecule has 3 heterocycles. The summed E-state index contributed by atoms with van der Waals surface area (Å²) in [6.45, 7) is 1.69. The third kappa shape index (κ3) is 4.36. The highest BCUT2D eigenvalue weighted by atomic mass is 32.1. The lowest BCUT2D eigenvalue weighted by molar-refractivity contribution is 0.104. The Bertz CT molecular complexity index is 1210. The summed E-state index contributed by atoms with van der Waals surface area (Å²) < 4.78 is 9.35. The van der Waals surface area contributed by atoms with Gasteiger partial charge in [-0.05, 0) is 49.3 Å². The Balaban J connectivity index is 1.37. The normalized spacial score (nSPS) is 17.1. The zero-order valence-corrected chi connectivity index (χ0v) is 19.6. The van der Waals surface area contributed by atoms with Crippen molar-refractivity contribution >= 4 is 55.9 Å². The van der Waals surface area contributed by atoms with Crippen LogP contribution < -0.4 is 10.1 Å². The van der Waals surface area contributed by atoms with Crippen molar-refractivity contribution in [1.82, 2.24) is 19.7 Å². The number of nitrogens with zero attached hydrogens (tertiary/aromatic N) is 4. The van der Waals surface area contributed by atoms with Gasteiger partial charge in [-0.15, -0.1) is 16.4 Å². The summed E-state index contributed by atoms with van der Waals surface area (Å²) in [5, 5.41) is 10.1. The van der Waals surface area contributed by atoms with Crippen LogP contribution in [0, 0.1) is 3.95 Å². The molecule has 1 fully saturated rings. The predicted molar refractivity (Wildman–Crippen MR) is 130 cm³/mol. The van der Waals surface area contributed by atoms with E-state index in [4.69, 9.17) is 27.0 Å². The van der Waals surface area contributed by atoms with E-state index < -0.39 is 0 Å². The lowest BCUT2D eigenvalue weighted by atomic mass is 10.0. The van der Waals surface area contributed by atoms with Gasteiger partial charge in [0, 0.05) is 6.54 Å². The summed E-state index contributed by atoms with van der Waals surface area (Å²) >= 11 is 8.91. The number of methoxy groups -OCH3 is 1. The molecule has 1 N–H and O–H groups in total. The van der Waals surface area contributed by atoms with E-state index in [1.165, 1.54) is 33.9 Å². The Kier molecular flexibility index (Phi) is 5.99. The van der Waals surface area contributed by atoms with E-state index in [2.05, 4.69) is 34.5 Å². The van der Waals surface area contributed by atoms with Crippen LogP contribution in [-0.4, -0.2) is 33.3 Å². The summed E-state index contributed by atoms with van der Waals surface area (Å²) in [6.07, 6.45) is 3.52. The summed E-state index contributed by atoms with van der Waals surface area (Å²) in [7, 11) is 1.67. The second-order valence-electron chi connectivity index (χ2n) is 7.48. The minimum atomic E-state index is 0.306. The van der Waals surface area contributed by atoms with Gasteiger partial charge >= 0.3 is 0 Å². The number of hydrogen-bond acceptors (Lipinski definition) is 8. The maximum Gasteiger partial charge on any atom is 0.209 e. The monoisotopic (exact) mass is 469 g/mol. The first-order valence-electron chi connectivity index (χ1n) is 10.3. The molecule has 1 unspecified atom stereocenters. The van der Waals surface area contributed by atoms with Crippen molar-refractivity contribution in [2.75, 3.05) is 19.0 Å². The Morgan fingerprint density at radius 3 is 2.84 bits per heavy atom. The molecule has 1 saturated heterocycles. The highest BCUT2D eigenvalue weighted by Gasteiger charge is 2.27. The van der Waals surface area contributed by atoms with Gasteiger partial charge in [-0.1, -0.05) is 42.0 Å². The SMILES string of the molecule is COc1ccccc1Nc1nn(CN2CCCCC2c2nc3ccccc3s2)c(=S)s1. The lowest BCUT2D eigenvalue weighted by Crippen LogP contribution is -2.35. The van der Waals surface area contributed by atoms with E-state index in [0.29, 0.717) is 12.7 Å². The van der Waals surface area contributed by atoms with Gasteiger partial charge in [-0.3, -0.25) is 4.90 Å². The highest BCUT2D eigenvalue weighted by Crippen LogP contribution is 2.36. The summed E-state index contributed by atoms with van der Waals surface area (Å²) in [5.41, 5.74) is 1.97. The van der Waals surface area contributed by atoms with Gasteiger partial charge in [0.05, 0.1) is 35.7 Å². The number of piperidine rings is 1. The summed E-state index contributed by atoms with van der Waals surface area (Å²) in [5.74, 6) is 0.780. The molecular weight excluding hydrogens is 446 g/mol. The molecule has 6 nitrogen and oxygen atoms in total. The van der Waals surface area contributed by atoms with Gasteiger partial charge in [0.2, 0.25) is 5.13 Å². The molecule has 0 radical (unpaired) electrons. The van der Waals surface area contributed by atoms with E-state index in [9.17, 15) is 0 Å². The molecule has 0 amide bonds. The second-order valence-corrected chi connectivity index (χ2v) is 10.2. The van der Waals surface area contributed by atoms with Gasteiger partial charge < -0.3 is 10.1 Å². The number of aromatic nitrogens is 3. The first-order valence-corrected chi connectivity index (χ1v) is 12.3. The van der Waals surface area contributed by atoms with Crippen LogP contribution in [0.1, 0.15) is 30.3 Å². The standard InChI is InChI=1S/C22H23N5OS3/c1-28-18-11-4-2-8-15(18)24-21-25-27(22(29)31-21)14-26-13-7-6-10-17(26)20-23-16-9-3-5-12-19(16)30-20/h2-5,8-9,11-12,17H,6-7,10,13-14H2,1H3,(H,24,25). The molecule has 2 aromatic heterocycles. The van der Waals surface area contributed by atoms with E-state index in [-0.39, 0.29) is 0 Å².